The van der Waals surface area contributed by atoms with E-state index in [1.807, 2.05) is 13.8 Å². The predicted molar refractivity (Wildman–Crippen MR) is 70.6 cm³/mol. The molecule has 0 saturated heterocycles. The van der Waals surface area contributed by atoms with Gasteiger partial charge >= 0.3 is 0 Å². The van der Waals surface area contributed by atoms with Gasteiger partial charge in [0.05, 0.1) is 5.69 Å². The van der Waals surface area contributed by atoms with E-state index in [2.05, 4.69) is 10.3 Å². The standard InChI is InChI=1S/C13H13FN2OS/c1-3-11-8(2)18-13(15-11)16-12(17)9-4-6-10(14)7-5-9/h4-7H,3H2,1-2H3,(H,15,16,17). The third-order valence-electron chi connectivity index (χ3n) is 2.55. The fourth-order valence-corrected chi connectivity index (χ4v) is 2.48. The number of rotatable bonds is 3. The average molecular weight is 264 g/mol. The summed E-state index contributed by atoms with van der Waals surface area (Å²) < 4.78 is 12.7. The zero-order valence-electron chi connectivity index (χ0n) is 10.2. The quantitative estimate of drug-likeness (QED) is 0.923. The van der Waals surface area contributed by atoms with E-state index in [0.717, 1.165) is 17.0 Å². The zero-order valence-corrected chi connectivity index (χ0v) is 11.0. The summed E-state index contributed by atoms with van der Waals surface area (Å²) >= 11 is 1.45. The van der Waals surface area contributed by atoms with E-state index in [1.54, 1.807) is 0 Å². The Balaban J connectivity index is 2.13. The number of carbonyl (C=O) groups is 1. The molecule has 3 nitrogen and oxygen atoms in total. The van der Waals surface area contributed by atoms with E-state index in [4.69, 9.17) is 0 Å². The molecule has 1 aromatic carbocycles. The Morgan fingerprint density at radius 1 is 1.39 bits per heavy atom. The van der Waals surface area contributed by atoms with Crippen molar-refractivity contribution in [1.29, 1.82) is 0 Å². The maximum atomic E-state index is 12.7. The van der Waals surface area contributed by atoms with Gasteiger partial charge in [0.1, 0.15) is 5.82 Å². The van der Waals surface area contributed by atoms with Crippen LogP contribution in [0.15, 0.2) is 24.3 Å². The molecule has 2 rings (SSSR count). The molecule has 0 aliphatic rings. The van der Waals surface area contributed by atoms with Gasteiger partial charge in [-0.25, -0.2) is 9.37 Å². The molecule has 18 heavy (non-hydrogen) atoms. The zero-order chi connectivity index (χ0) is 13.1. The van der Waals surface area contributed by atoms with E-state index < -0.39 is 0 Å². The molecule has 0 aliphatic carbocycles. The fraction of sp³-hybridized carbons (Fsp3) is 0.231. The van der Waals surface area contributed by atoms with Crippen LogP contribution in [0.2, 0.25) is 0 Å². The number of aryl methyl sites for hydroxylation is 2. The molecule has 0 spiro atoms. The topological polar surface area (TPSA) is 42.0 Å². The summed E-state index contributed by atoms with van der Waals surface area (Å²) in [4.78, 5) is 17.3. The van der Waals surface area contributed by atoms with Crippen LogP contribution in [0.1, 0.15) is 27.9 Å². The summed E-state index contributed by atoms with van der Waals surface area (Å²) in [6.45, 7) is 4.00. The van der Waals surface area contributed by atoms with Crippen molar-refractivity contribution in [2.45, 2.75) is 20.3 Å². The van der Waals surface area contributed by atoms with Crippen LogP contribution in [0.5, 0.6) is 0 Å². The second kappa shape index (κ2) is 5.27. The van der Waals surface area contributed by atoms with Crippen LogP contribution in [-0.4, -0.2) is 10.9 Å². The van der Waals surface area contributed by atoms with Gasteiger partial charge in [-0.05, 0) is 37.6 Å². The lowest BCUT2D eigenvalue weighted by Gasteiger charge is -2.01. The Kier molecular flexibility index (Phi) is 3.72. The lowest BCUT2D eigenvalue weighted by molar-refractivity contribution is 0.102. The van der Waals surface area contributed by atoms with Gasteiger partial charge < -0.3 is 0 Å². The van der Waals surface area contributed by atoms with Gasteiger partial charge in [0, 0.05) is 10.4 Å². The van der Waals surface area contributed by atoms with Crippen LogP contribution in [0.4, 0.5) is 9.52 Å². The molecule has 1 amide bonds. The van der Waals surface area contributed by atoms with Crippen molar-refractivity contribution in [3.63, 3.8) is 0 Å². The minimum atomic E-state index is -0.357. The highest BCUT2D eigenvalue weighted by Crippen LogP contribution is 2.22. The number of nitrogens with zero attached hydrogens (tertiary/aromatic N) is 1. The molecule has 0 fully saturated rings. The SMILES string of the molecule is CCc1nc(NC(=O)c2ccc(F)cc2)sc1C. The molecule has 5 heteroatoms. The van der Waals surface area contributed by atoms with Crippen LogP contribution >= 0.6 is 11.3 Å². The summed E-state index contributed by atoms with van der Waals surface area (Å²) in [5.41, 5.74) is 1.41. The maximum absolute atomic E-state index is 12.7. The third kappa shape index (κ3) is 2.73. The van der Waals surface area contributed by atoms with E-state index in [9.17, 15) is 9.18 Å². The van der Waals surface area contributed by atoms with Crippen molar-refractivity contribution in [2.24, 2.45) is 0 Å². The minimum Gasteiger partial charge on any atom is -0.298 e. The van der Waals surface area contributed by atoms with Gasteiger partial charge in [0.25, 0.3) is 5.91 Å². The van der Waals surface area contributed by atoms with E-state index in [-0.39, 0.29) is 11.7 Å². The van der Waals surface area contributed by atoms with Gasteiger partial charge in [0.15, 0.2) is 5.13 Å². The number of carbonyl (C=O) groups excluding carboxylic acids is 1. The van der Waals surface area contributed by atoms with Gasteiger partial charge in [-0.1, -0.05) is 6.92 Å². The van der Waals surface area contributed by atoms with Gasteiger partial charge in [-0.3, -0.25) is 10.1 Å². The van der Waals surface area contributed by atoms with Crippen LogP contribution in [0, 0.1) is 12.7 Å². The molecule has 1 N–H and O–H groups in total. The van der Waals surface area contributed by atoms with Crippen LogP contribution in [-0.2, 0) is 6.42 Å². The second-order valence-corrected chi connectivity index (χ2v) is 5.04. The van der Waals surface area contributed by atoms with Gasteiger partial charge in [-0.15, -0.1) is 11.3 Å². The molecule has 0 atom stereocenters. The number of benzene rings is 1. The fourth-order valence-electron chi connectivity index (χ4n) is 1.58. The number of halogens is 1. The van der Waals surface area contributed by atoms with E-state index in [1.165, 1.54) is 35.6 Å². The molecule has 0 aliphatic heterocycles. The number of hydrogen-bond donors (Lipinski definition) is 1. The summed E-state index contributed by atoms with van der Waals surface area (Å²) in [6, 6.07) is 5.43. The first kappa shape index (κ1) is 12.7. The smallest absolute Gasteiger partial charge is 0.257 e. The number of anilines is 1. The van der Waals surface area contributed by atoms with Gasteiger partial charge in [-0.2, -0.15) is 0 Å². The molecular formula is C13H13FN2OS. The van der Waals surface area contributed by atoms with Crippen molar-refractivity contribution in [1.82, 2.24) is 4.98 Å². The summed E-state index contributed by atoms with van der Waals surface area (Å²) in [5, 5.41) is 3.30. The Morgan fingerprint density at radius 2 is 2.06 bits per heavy atom. The van der Waals surface area contributed by atoms with E-state index >= 15 is 0 Å². The largest absolute Gasteiger partial charge is 0.298 e. The first-order valence-corrected chi connectivity index (χ1v) is 6.45. The monoisotopic (exact) mass is 264 g/mol. The Morgan fingerprint density at radius 3 is 2.61 bits per heavy atom. The third-order valence-corrected chi connectivity index (χ3v) is 3.48. The highest BCUT2D eigenvalue weighted by atomic mass is 32.1. The number of amides is 1. The van der Waals surface area contributed by atoms with E-state index in [0.29, 0.717) is 10.7 Å². The van der Waals surface area contributed by atoms with Gasteiger partial charge in [0.2, 0.25) is 0 Å². The Labute approximate surface area is 109 Å². The lowest BCUT2D eigenvalue weighted by atomic mass is 10.2. The highest BCUT2D eigenvalue weighted by molar-refractivity contribution is 7.15. The normalized spacial score (nSPS) is 10.4. The molecule has 0 radical (unpaired) electrons. The number of thiazole rings is 1. The predicted octanol–water partition coefficient (Wildman–Crippen LogP) is 3.41. The summed E-state index contributed by atoms with van der Waals surface area (Å²) in [7, 11) is 0. The number of aromatic nitrogens is 1. The van der Waals surface area contributed by atoms with Crippen molar-refractivity contribution >= 4 is 22.4 Å². The molecule has 0 saturated carbocycles. The maximum Gasteiger partial charge on any atom is 0.257 e. The first-order chi connectivity index (χ1) is 8.60. The van der Waals surface area contributed by atoms with Crippen LogP contribution in [0.3, 0.4) is 0 Å². The average Bonchev–Trinajstić information content (AvgIpc) is 2.70. The van der Waals surface area contributed by atoms with Crippen molar-refractivity contribution < 1.29 is 9.18 Å². The number of nitrogens with one attached hydrogen (secondary N) is 1. The minimum absolute atomic E-state index is 0.272. The van der Waals surface area contributed by atoms with Crippen molar-refractivity contribution in [3.05, 3.63) is 46.2 Å². The highest BCUT2D eigenvalue weighted by Gasteiger charge is 2.10. The van der Waals surface area contributed by atoms with Crippen molar-refractivity contribution in [2.75, 3.05) is 5.32 Å². The Hall–Kier alpha value is -1.75. The lowest BCUT2D eigenvalue weighted by Crippen LogP contribution is -2.11. The molecule has 94 valence electrons. The molecule has 0 unspecified atom stereocenters. The molecule has 0 bridgehead atoms. The summed E-state index contributed by atoms with van der Waals surface area (Å²) in [5.74, 6) is -0.628. The molecule has 1 aromatic heterocycles. The Bertz CT molecular complexity index is 563. The molecular weight excluding hydrogens is 251 g/mol. The van der Waals surface area contributed by atoms with Crippen molar-refractivity contribution in [3.8, 4) is 0 Å². The number of hydrogen-bond acceptors (Lipinski definition) is 3. The van der Waals surface area contributed by atoms with Crippen LogP contribution < -0.4 is 5.32 Å². The molecule has 2 aromatic rings. The summed E-state index contributed by atoms with van der Waals surface area (Å²) in [6.07, 6.45) is 0.842. The van der Waals surface area contributed by atoms with Crippen LogP contribution in [0.25, 0.3) is 0 Å². The molecule has 1 heterocycles. The first-order valence-electron chi connectivity index (χ1n) is 5.63. The second-order valence-electron chi connectivity index (χ2n) is 3.84.